The summed E-state index contributed by atoms with van der Waals surface area (Å²) in [6.45, 7) is 1.92. The van der Waals surface area contributed by atoms with Gasteiger partial charge in [-0.15, -0.1) is 0 Å². The fourth-order valence-corrected chi connectivity index (χ4v) is 4.15. The largest absolute Gasteiger partial charge is 0.497 e. The van der Waals surface area contributed by atoms with Crippen molar-refractivity contribution in [3.63, 3.8) is 0 Å². The number of nitro benzene ring substituents is 1. The summed E-state index contributed by atoms with van der Waals surface area (Å²) in [4.78, 5) is 10.3. The zero-order valence-corrected chi connectivity index (χ0v) is 18.3. The third-order valence-electron chi connectivity index (χ3n) is 4.56. The third kappa shape index (κ3) is 5.41. The summed E-state index contributed by atoms with van der Waals surface area (Å²) in [5.41, 5.74) is 4.39. The first-order valence-electron chi connectivity index (χ1n) is 9.67. The number of nitrogens with zero attached hydrogens (tertiary/aromatic N) is 2. The van der Waals surface area contributed by atoms with Gasteiger partial charge in [-0.25, -0.2) is 8.42 Å². The Bertz CT molecular complexity index is 1230. The van der Waals surface area contributed by atoms with Crippen LogP contribution in [0, 0.1) is 10.1 Å². The first-order chi connectivity index (χ1) is 15.3. The lowest BCUT2D eigenvalue weighted by atomic mass is 10.1. The van der Waals surface area contributed by atoms with Crippen LogP contribution < -0.4 is 14.9 Å². The highest BCUT2D eigenvalue weighted by molar-refractivity contribution is 7.92. The molecule has 10 heteroatoms. The molecule has 3 aromatic rings. The SMILES string of the molecule is CC/C(=N\Nc1ccc([N+](=O)[O-])cc1S(=O)(=O)Nc1ccc(OC)cc1)c1ccccc1. The van der Waals surface area contributed by atoms with Crippen molar-refractivity contribution in [2.24, 2.45) is 5.10 Å². The molecule has 0 radical (unpaired) electrons. The predicted molar refractivity (Wildman–Crippen MR) is 124 cm³/mol. The lowest BCUT2D eigenvalue weighted by molar-refractivity contribution is -0.385. The van der Waals surface area contributed by atoms with Crippen molar-refractivity contribution in [1.29, 1.82) is 0 Å². The number of benzene rings is 3. The van der Waals surface area contributed by atoms with Gasteiger partial charge >= 0.3 is 0 Å². The molecule has 0 saturated carbocycles. The number of methoxy groups -OCH3 is 1. The second-order valence-corrected chi connectivity index (χ2v) is 8.31. The highest BCUT2D eigenvalue weighted by atomic mass is 32.2. The maximum absolute atomic E-state index is 13.1. The van der Waals surface area contributed by atoms with Crippen molar-refractivity contribution < 1.29 is 18.1 Å². The number of rotatable bonds is 9. The molecular formula is C22H22N4O5S. The molecule has 0 atom stereocenters. The van der Waals surface area contributed by atoms with E-state index >= 15 is 0 Å². The van der Waals surface area contributed by atoms with E-state index in [1.807, 2.05) is 37.3 Å². The van der Waals surface area contributed by atoms with Crippen molar-refractivity contribution in [2.45, 2.75) is 18.2 Å². The average Bonchev–Trinajstić information content (AvgIpc) is 2.80. The quantitative estimate of drug-likeness (QED) is 0.276. The summed E-state index contributed by atoms with van der Waals surface area (Å²) < 4.78 is 33.7. The summed E-state index contributed by atoms with van der Waals surface area (Å²) in [6, 6.07) is 19.2. The van der Waals surface area contributed by atoms with Crippen LogP contribution in [0.15, 0.2) is 82.8 Å². The Balaban J connectivity index is 1.98. The number of non-ortho nitro benzene ring substituents is 1. The Labute approximate surface area is 185 Å². The van der Waals surface area contributed by atoms with E-state index in [-0.39, 0.29) is 22.0 Å². The number of nitrogens with one attached hydrogen (secondary N) is 2. The Morgan fingerprint density at radius 1 is 1.06 bits per heavy atom. The Hall–Kier alpha value is -3.92. The van der Waals surface area contributed by atoms with Crippen LogP contribution in [-0.4, -0.2) is 26.2 Å². The molecule has 32 heavy (non-hydrogen) atoms. The van der Waals surface area contributed by atoms with E-state index in [0.717, 1.165) is 11.6 Å². The van der Waals surface area contributed by atoms with E-state index in [1.54, 1.807) is 12.1 Å². The normalized spacial score (nSPS) is 11.6. The number of hydrazone groups is 1. The molecule has 0 amide bonds. The molecule has 0 bridgehead atoms. The summed E-state index contributed by atoms with van der Waals surface area (Å²) in [5, 5.41) is 15.6. The van der Waals surface area contributed by atoms with E-state index in [1.165, 1.54) is 31.4 Å². The molecule has 0 aromatic heterocycles. The fraction of sp³-hybridized carbons (Fsp3) is 0.136. The maximum atomic E-state index is 13.1. The number of nitro groups is 1. The molecule has 2 N–H and O–H groups in total. The van der Waals surface area contributed by atoms with Crippen molar-refractivity contribution in [3.05, 3.63) is 88.5 Å². The monoisotopic (exact) mass is 454 g/mol. The van der Waals surface area contributed by atoms with Crippen LogP contribution >= 0.6 is 0 Å². The van der Waals surface area contributed by atoms with Crippen molar-refractivity contribution >= 4 is 32.8 Å². The molecule has 0 unspecified atom stereocenters. The topological polar surface area (TPSA) is 123 Å². The van der Waals surface area contributed by atoms with Gasteiger partial charge < -0.3 is 4.74 Å². The second kappa shape index (κ2) is 9.92. The average molecular weight is 455 g/mol. The predicted octanol–water partition coefficient (Wildman–Crippen LogP) is 4.63. The molecule has 0 aliphatic heterocycles. The van der Waals surface area contributed by atoms with Gasteiger partial charge in [-0.1, -0.05) is 37.3 Å². The van der Waals surface area contributed by atoms with E-state index in [9.17, 15) is 18.5 Å². The zero-order chi connectivity index (χ0) is 23.1. The first kappa shape index (κ1) is 22.8. The molecule has 0 fully saturated rings. The van der Waals surface area contributed by atoms with Gasteiger partial charge in [-0.05, 0) is 42.3 Å². The van der Waals surface area contributed by atoms with Crippen LogP contribution in [0.5, 0.6) is 5.75 Å². The number of hydrogen-bond acceptors (Lipinski definition) is 7. The molecule has 3 rings (SSSR count). The molecule has 0 aliphatic carbocycles. The minimum atomic E-state index is -4.17. The molecule has 0 heterocycles. The van der Waals surface area contributed by atoms with E-state index in [2.05, 4.69) is 15.2 Å². The van der Waals surface area contributed by atoms with Gasteiger partial charge in [0.2, 0.25) is 0 Å². The maximum Gasteiger partial charge on any atom is 0.270 e. The van der Waals surface area contributed by atoms with Gasteiger partial charge in [-0.3, -0.25) is 20.3 Å². The van der Waals surface area contributed by atoms with Gasteiger partial charge in [0, 0.05) is 17.8 Å². The van der Waals surface area contributed by atoms with Crippen LogP contribution in [0.25, 0.3) is 0 Å². The Morgan fingerprint density at radius 2 is 1.75 bits per heavy atom. The standard InChI is InChI=1S/C22H22N4O5S/c1-3-20(16-7-5-4-6-8-16)23-24-21-14-11-18(26(27)28)15-22(21)32(29,30)25-17-9-12-19(31-2)13-10-17/h4-15,24-25H,3H2,1-2H3/b23-20+. The zero-order valence-electron chi connectivity index (χ0n) is 17.5. The lowest BCUT2D eigenvalue weighted by Crippen LogP contribution is -2.15. The number of ether oxygens (including phenoxy) is 1. The molecule has 166 valence electrons. The van der Waals surface area contributed by atoms with Crippen LogP contribution in [0.4, 0.5) is 17.1 Å². The van der Waals surface area contributed by atoms with Gasteiger partial charge in [-0.2, -0.15) is 5.10 Å². The molecule has 0 aliphatic rings. The molecule has 9 nitrogen and oxygen atoms in total. The first-order valence-corrected chi connectivity index (χ1v) is 11.2. The van der Waals surface area contributed by atoms with E-state index in [4.69, 9.17) is 4.74 Å². The molecule has 0 saturated heterocycles. The molecule has 3 aromatic carbocycles. The number of anilines is 2. The number of hydrogen-bond donors (Lipinski definition) is 2. The highest BCUT2D eigenvalue weighted by Gasteiger charge is 2.23. The minimum Gasteiger partial charge on any atom is -0.497 e. The van der Waals surface area contributed by atoms with Gasteiger partial charge in [0.1, 0.15) is 10.6 Å². The lowest BCUT2D eigenvalue weighted by Gasteiger charge is -2.13. The molecular weight excluding hydrogens is 432 g/mol. The Kier molecular flexibility index (Phi) is 7.06. The van der Waals surface area contributed by atoms with Crippen LogP contribution in [0.3, 0.4) is 0 Å². The van der Waals surface area contributed by atoms with Gasteiger partial charge in [0.25, 0.3) is 15.7 Å². The van der Waals surface area contributed by atoms with Crippen molar-refractivity contribution in [3.8, 4) is 5.75 Å². The second-order valence-electron chi connectivity index (χ2n) is 6.66. The Morgan fingerprint density at radius 3 is 2.34 bits per heavy atom. The number of sulfonamides is 1. The highest BCUT2D eigenvalue weighted by Crippen LogP contribution is 2.29. The molecule has 0 spiro atoms. The van der Waals surface area contributed by atoms with Crippen molar-refractivity contribution in [2.75, 3.05) is 17.3 Å². The van der Waals surface area contributed by atoms with Crippen molar-refractivity contribution in [1.82, 2.24) is 0 Å². The summed E-state index contributed by atoms with van der Waals surface area (Å²) in [5.74, 6) is 0.563. The fourth-order valence-electron chi connectivity index (χ4n) is 2.91. The van der Waals surface area contributed by atoms with E-state index < -0.39 is 14.9 Å². The van der Waals surface area contributed by atoms with Gasteiger partial charge in [0.15, 0.2) is 0 Å². The van der Waals surface area contributed by atoms with Crippen LogP contribution in [0.1, 0.15) is 18.9 Å². The van der Waals surface area contributed by atoms with E-state index in [0.29, 0.717) is 17.9 Å². The third-order valence-corrected chi connectivity index (χ3v) is 5.98. The minimum absolute atomic E-state index is 0.110. The van der Waals surface area contributed by atoms with Crippen LogP contribution in [0.2, 0.25) is 0 Å². The van der Waals surface area contributed by atoms with Gasteiger partial charge in [0.05, 0.1) is 23.4 Å². The van der Waals surface area contributed by atoms with Crippen LogP contribution in [-0.2, 0) is 10.0 Å². The summed E-state index contributed by atoms with van der Waals surface area (Å²) >= 11 is 0. The summed E-state index contributed by atoms with van der Waals surface area (Å²) in [7, 11) is -2.67. The summed E-state index contributed by atoms with van der Waals surface area (Å²) in [6.07, 6.45) is 0.593. The smallest absolute Gasteiger partial charge is 0.270 e.